The molecular weight excluding hydrogens is 252 g/mol. The first-order chi connectivity index (χ1) is 8.58. The van der Waals surface area contributed by atoms with E-state index in [1.165, 1.54) is 18.6 Å². The molecular formula is C13H16ClN2O2. The van der Waals surface area contributed by atoms with Crippen LogP contribution in [0.25, 0.3) is 0 Å². The third kappa shape index (κ3) is 2.93. The van der Waals surface area contributed by atoms with E-state index < -0.39 is 4.92 Å². The fourth-order valence-electron chi connectivity index (χ4n) is 2.28. The van der Waals surface area contributed by atoms with Crippen LogP contribution in [0.2, 0.25) is 5.02 Å². The summed E-state index contributed by atoms with van der Waals surface area (Å²) >= 11 is 6.06. The molecule has 2 rings (SSSR count). The van der Waals surface area contributed by atoms with Gasteiger partial charge in [-0.05, 0) is 31.2 Å². The maximum atomic E-state index is 10.6. The smallest absolute Gasteiger partial charge is 0.271 e. The van der Waals surface area contributed by atoms with Crippen LogP contribution >= 0.6 is 11.6 Å². The average Bonchev–Trinajstić information content (AvgIpc) is 2.34. The van der Waals surface area contributed by atoms with Crippen molar-refractivity contribution in [3.63, 3.8) is 0 Å². The molecule has 2 unspecified atom stereocenters. The van der Waals surface area contributed by atoms with Crippen LogP contribution < -0.4 is 5.32 Å². The Labute approximate surface area is 111 Å². The predicted octanol–water partition coefficient (Wildman–Crippen LogP) is 4.05. The number of anilines is 1. The molecule has 0 aliphatic heterocycles. The van der Waals surface area contributed by atoms with Gasteiger partial charge in [-0.2, -0.15) is 0 Å². The summed E-state index contributed by atoms with van der Waals surface area (Å²) in [6.07, 6.45) is 5.74. The molecule has 1 aromatic carbocycles. The predicted molar refractivity (Wildman–Crippen MR) is 72.8 cm³/mol. The lowest BCUT2D eigenvalue weighted by Gasteiger charge is -2.30. The molecule has 0 heterocycles. The Morgan fingerprint density at radius 1 is 1.50 bits per heavy atom. The lowest BCUT2D eigenvalue weighted by molar-refractivity contribution is -0.384. The van der Waals surface area contributed by atoms with Crippen molar-refractivity contribution in [1.29, 1.82) is 0 Å². The Kier molecular flexibility index (Phi) is 4.07. The second-order valence-electron chi connectivity index (χ2n) is 4.70. The number of nitro groups is 1. The molecule has 0 spiro atoms. The fourth-order valence-corrected chi connectivity index (χ4v) is 2.51. The maximum absolute atomic E-state index is 10.6. The van der Waals surface area contributed by atoms with E-state index in [-0.39, 0.29) is 5.69 Å². The number of rotatable bonds is 3. The van der Waals surface area contributed by atoms with Gasteiger partial charge in [0, 0.05) is 18.2 Å². The Morgan fingerprint density at radius 3 is 2.89 bits per heavy atom. The number of non-ortho nitro benzene ring substituents is 1. The van der Waals surface area contributed by atoms with E-state index in [9.17, 15) is 10.1 Å². The minimum atomic E-state index is -0.438. The lowest BCUT2D eigenvalue weighted by Crippen LogP contribution is -2.30. The third-order valence-corrected chi connectivity index (χ3v) is 3.71. The monoisotopic (exact) mass is 267 g/mol. The van der Waals surface area contributed by atoms with E-state index >= 15 is 0 Å². The van der Waals surface area contributed by atoms with Gasteiger partial charge in [-0.1, -0.05) is 24.9 Å². The van der Waals surface area contributed by atoms with Crippen LogP contribution in [0, 0.1) is 22.5 Å². The zero-order chi connectivity index (χ0) is 13.1. The molecule has 0 bridgehead atoms. The highest BCUT2D eigenvalue weighted by Gasteiger charge is 2.22. The molecule has 5 heteroatoms. The van der Waals surface area contributed by atoms with Crippen LogP contribution in [0.4, 0.5) is 11.4 Å². The summed E-state index contributed by atoms with van der Waals surface area (Å²) < 4.78 is 0. The molecule has 0 aromatic heterocycles. The molecule has 0 amide bonds. The van der Waals surface area contributed by atoms with Gasteiger partial charge >= 0.3 is 0 Å². The van der Waals surface area contributed by atoms with Crippen molar-refractivity contribution in [3.8, 4) is 0 Å². The van der Waals surface area contributed by atoms with Crippen LogP contribution in [0.5, 0.6) is 0 Å². The van der Waals surface area contributed by atoms with Crippen molar-refractivity contribution in [2.75, 3.05) is 5.32 Å². The van der Waals surface area contributed by atoms with Gasteiger partial charge in [0.1, 0.15) is 0 Å². The topological polar surface area (TPSA) is 55.2 Å². The zero-order valence-corrected chi connectivity index (χ0v) is 11.0. The normalized spacial score (nSPS) is 23.7. The van der Waals surface area contributed by atoms with Crippen molar-refractivity contribution in [1.82, 2.24) is 0 Å². The molecule has 18 heavy (non-hydrogen) atoms. The van der Waals surface area contributed by atoms with E-state index in [2.05, 4.69) is 18.7 Å². The molecule has 1 saturated carbocycles. The van der Waals surface area contributed by atoms with Gasteiger partial charge in [-0.3, -0.25) is 10.1 Å². The SMILES string of the molecule is CC1[CH]CCCC1Nc1ccc([N+](=O)[O-])cc1Cl. The molecule has 1 radical (unpaired) electrons. The van der Waals surface area contributed by atoms with Crippen LogP contribution in [-0.2, 0) is 0 Å². The molecule has 0 saturated heterocycles. The number of halogens is 1. The average molecular weight is 268 g/mol. The van der Waals surface area contributed by atoms with Gasteiger partial charge in [0.15, 0.2) is 0 Å². The second-order valence-corrected chi connectivity index (χ2v) is 5.11. The molecule has 1 fully saturated rings. The van der Waals surface area contributed by atoms with Crippen LogP contribution in [-0.4, -0.2) is 11.0 Å². The summed E-state index contributed by atoms with van der Waals surface area (Å²) in [5, 5.41) is 14.4. The molecule has 1 aromatic rings. The fraction of sp³-hybridized carbons (Fsp3) is 0.462. The minimum absolute atomic E-state index is 0.0220. The van der Waals surface area contributed by atoms with Crippen LogP contribution in [0.1, 0.15) is 26.2 Å². The number of hydrogen-bond acceptors (Lipinski definition) is 3. The maximum Gasteiger partial charge on any atom is 0.271 e. The zero-order valence-electron chi connectivity index (χ0n) is 10.2. The first-order valence-corrected chi connectivity index (χ1v) is 6.49. The summed E-state index contributed by atoms with van der Waals surface area (Å²) in [6.45, 7) is 2.18. The van der Waals surface area contributed by atoms with Gasteiger partial charge in [-0.15, -0.1) is 0 Å². The standard InChI is InChI=1S/C13H16ClN2O2/c1-9-4-2-3-5-12(9)15-13-7-6-10(16(17)18)8-11(13)14/h4,6-9,12,15H,2-3,5H2,1H3. The molecule has 4 nitrogen and oxygen atoms in total. The molecule has 2 atom stereocenters. The Hall–Kier alpha value is -1.29. The Morgan fingerprint density at radius 2 is 2.28 bits per heavy atom. The number of nitro benzene ring substituents is 1. The van der Waals surface area contributed by atoms with Gasteiger partial charge < -0.3 is 5.32 Å². The van der Waals surface area contributed by atoms with E-state index in [1.807, 2.05) is 0 Å². The number of benzene rings is 1. The first kappa shape index (κ1) is 13.1. The van der Waals surface area contributed by atoms with Crippen molar-refractivity contribution in [2.24, 2.45) is 5.92 Å². The first-order valence-electron chi connectivity index (χ1n) is 6.11. The summed E-state index contributed by atoms with van der Waals surface area (Å²) in [5.41, 5.74) is 0.795. The van der Waals surface area contributed by atoms with Gasteiger partial charge in [-0.25, -0.2) is 0 Å². The Bertz CT molecular complexity index is 451. The van der Waals surface area contributed by atoms with Gasteiger partial charge in [0.05, 0.1) is 15.6 Å². The van der Waals surface area contributed by atoms with Crippen molar-refractivity contribution < 1.29 is 4.92 Å². The number of nitrogens with zero attached hydrogens (tertiary/aromatic N) is 1. The van der Waals surface area contributed by atoms with E-state index in [4.69, 9.17) is 11.6 Å². The summed E-state index contributed by atoms with van der Waals surface area (Å²) in [4.78, 5) is 10.2. The lowest BCUT2D eigenvalue weighted by atomic mass is 9.86. The highest BCUT2D eigenvalue weighted by atomic mass is 35.5. The highest BCUT2D eigenvalue weighted by molar-refractivity contribution is 6.33. The van der Waals surface area contributed by atoms with Crippen LogP contribution in [0.3, 0.4) is 0 Å². The summed E-state index contributed by atoms with van der Waals surface area (Å²) in [6, 6.07) is 4.91. The van der Waals surface area contributed by atoms with Gasteiger partial charge in [0.25, 0.3) is 5.69 Å². The van der Waals surface area contributed by atoms with E-state index in [0.717, 1.165) is 18.5 Å². The Balaban J connectivity index is 2.11. The van der Waals surface area contributed by atoms with E-state index in [0.29, 0.717) is 17.0 Å². The largest absolute Gasteiger partial charge is 0.381 e. The molecule has 1 aliphatic carbocycles. The van der Waals surface area contributed by atoms with E-state index in [1.54, 1.807) is 6.07 Å². The quantitative estimate of drug-likeness (QED) is 0.664. The van der Waals surface area contributed by atoms with Crippen molar-refractivity contribution in [2.45, 2.75) is 32.2 Å². The highest BCUT2D eigenvalue weighted by Crippen LogP contribution is 2.31. The number of hydrogen-bond donors (Lipinski definition) is 1. The molecule has 1 aliphatic rings. The second kappa shape index (κ2) is 5.57. The van der Waals surface area contributed by atoms with Crippen molar-refractivity contribution in [3.05, 3.63) is 39.8 Å². The third-order valence-electron chi connectivity index (χ3n) is 3.40. The molecule has 97 valence electrons. The van der Waals surface area contributed by atoms with Gasteiger partial charge in [0.2, 0.25) is 0 Å². The minimum Gasteiger partial charge on any atom is -0.381 e. The summed E-state index contributed by atoms with van der Waals surface area (Å²) in [7, 11) is 0. The summed E-state index contributed by atoms with van der Waals surface area (Å²) in [5.74, 6) is 0.491. The van der Waals surface area contributed by atoms with Crippen LogP contribution in [0.15, 0.2) is 18.2 Å². The molecule has 1 N–H and O–H groups in total. The van der Waals surface area contributed by atoms with Crippen molar-refractivity contribution >= 4 is 23.0 Å². The number of nitrogens with one attached hydrogen (secondary N) is 1.